The Morgan fingerprint density at radius 3 is 2.76 bits per heavy atom. The van der Waals surface area contributed by atoms with Gasteiger partial charge < -0.3 is 19.5 Å². The fourth-order valence-corrected chi connectivity index (χ4v) is 4.86. The van der Waals surface area contributed by atoms with Gasteiger partial charge in [-0.25, -0.2) is 4.79 Å². The molecule has 3 aromatic rings. The lowest BCUT2D eigenvalue weighted by molar-refractivity contribution is -0.111. The highest BCUT2D eigenvalue weighted by Gasteiger charge is 2.24. The molecule has 0 atom stereocenters. The smallest absolute Gasteiger partial charge is 0.341 e. The van der Waals surface area contributed by atoms with Crippen molar-refractivity contribution in [2.75, 3.05) is 18.7 Å². The molecule has 1 aliphatic rings. The van der Waals surface area contributed by atoms with Gasteiger partial charge in [-0.2, -0.15) is 0 Å². The number of carbonyl (C=O) groups excluding carboxylic acids is 2. The van der Waals surface area contributed by atoms with Crippen LogP contribution in [0.1, 0.15) is 38.8 Å². The van der Waals surface area contributed by atoms with Gasteiger partial charge >= 0.3 is 5.97 Å². The molecule has 0 saturated carbocycles. The minimum Gasteiger partial charge on any atom is -0.462 e. The van der Waals surface area contributed by atoms with Gasteiger partial charge in [-0.1, -0.05) is 35.9 Å². The van der Waals surface area contributed by atoms with Crippen LogP contribution in [-0.4, -0.2) is 25.3 Å². The van der Waals surface area contributed by atoms with Crippen LogP contribution in [0.5, 0.6) is 11.5 Å². The molecule has 0 fully saturated rings. The first-order chi connectivity index (χ1) is 16.0. The van der Waals surface area contributed by atoms with Crippen molar-refractivity contribution in [1.82, 2.24) is 0 Å². The maximum Gasteiger partial charge on any atom is 0.341 e. The van der Waals surface area contributed by atoms with Crippen molar-refractivity contribution in [3.63, 3.8) is 0 Å². The average molecular weight is 484 g/mol. The number of nitrogens with one attached hydrogen (secondary N) is 1. The molecular formula is C25H22ClNO5S. The van der Waals surface area contributed by atoms with E-state index in [-0.39, 0.29) is 19.3 Å². The highest BCUT2D eigenvalue weighted by molar-refractivity contribution is 7.17. The van der Waals surface area contributed by atoms with E-state index in [2.05, 4.69) is 5.32 Å². The average Bonchev–Trinajstić information content (AvgIpc) is 3.37. The Labute approximate surface area is 200 Å². The molecule has 6 nitrogen and oxygen atoms in total. The fourth-order valence-electron chi connectivity index (χ4n) is 3.43. The van der Waals surface area contributed by atoms with Crippen LogP contribution in [0.2, 0.25) is 5.02 Å². The number of fused-ring (bicyclic) bond motifs is 1. The summed E-state index contributed by atoms with van der Waals surface area (Å²) in [5, 5.41) is 3.83. The van der Waals surface area contributed by atoms with E-state index in [1.807, 2.05) is 43.3 Å². The van der Waals surface area contributed by atoms with Gasteiger partial charge in [0.2, 0.25) is 12.7 Å². The van der Waals surface area contributed by atoms with Gasteiger partial charge in [0.05, 0.1) is 12.2 Å². The van der Waals surface area contributed by atoms with E-state index >= 15 is 0 Å². The van der Waals surface area contributed by atoms with E-state index in [9.17, 15) is 9.59 Å². The Balaban J connectivity index is 1.59. The molecule has 4 rings (SSSR count). The van der Waals surface area contributed by atoms with E-state index in [1.54, 1.807) is 19.1 Å². The molecule has 8 heteroatoms. The van der Waals surface area contributed by atoms with Gasteiger partial charge in [0.1, 0.15) is 5.00 Å². The topological polar surface area (TPSA) is 73.9 Å². The zero-order chi connectivity index (χ0) is 23.4. The third-order valence-electron chi connectivity index (χ3n) is 5.08. The summed E-state index contributed by atoms with van der Waals surface area (Å²) < 4.78 is 16.1. The monoisotopic (exact) mass is 483 g/mol. The number of anilines is 1. The van der Waals surface area contributed by atoms with Gasteiger partial charge in [0.25, 0.3) is 0 Å². The summed E-state index contributed by atoms with van der Waals surface area (Å²) in [5.74, 6) is 0.586. The van der Waals surface area contributed by atoms with Gasteiger partial charge in [0, 0.05) is 22.4 Å². The molecule has 33 heavy (non-hydrogen) atoms. The lowest BCUT2D eigenvalue weighted by atomic mass is 10.1. The number of carbonyl (C=O) groups is 2. The summed E-state index contributed by atoms with van der Waals surface area (Å²) in [4.78, 5) is 26.2. The summed E-state index contributed by atoms with van der Waals surface area (Å²) in [6.45, 7) is 4.06. The molecule has 0 unspecified atom stereocenters. The number of thiophene rings is 1. The van der Waals surface area contributed by atoms with Crippen LogP contribution in [-0.2, 0) is 16.0 Å². The first kappa shape index (κ1) is 22.9. The minimum absolute atomic E-state index is 0.210. The minimum atomic E-state index is -0.464. The Hall–Kier alpha value is -3.29. The number of esters is 1. The molecule has 0 radical (unpaired) electrons. The molecule has 0 aliphatic carbocycles. The van der Waals surface area contributed by atoms with Crippen molar-refractivity contribution in [1.29, 1.82) is 0 Å². The van der Waals surface area contributed by atoms with E-state index in [1.165, 1.54) is 17.4 Å². The molecule has 170 valence electrons. The highest BCUT2D eigenvalue weighted by atomic mass is 35.5. The molecular weight excluding hydrogens is 462 g/mol. The van der Waals surface area contributed by atoms with Gasteiger partial charge in [-0.05, 0) is 54.8 Å². The Morgan fingerprint density at radius 1 is 1.18 bits per heavy atom. The summed E-state index contributed by atoms with van der Waals surface area (Å²) in [5.41, 5.74) is 2.89. The first-order valence-corrected chi connectivity index (χ1v) is 11.6. The fraction of sp³-hybridized carbons (Fsp3) is 0.200. The molecule has 2 aromatic carbocycles. The summed E-state index contributed by atoms with van der Waals surface area (Å²) in [6.07, 6.45) is 3.60. The molecule has 1 aromatic heterocycles. The first-order valence-electron chi connectivity index (χ1n) is 10.4. The number of hydrogen-bond donors (Lipinski definition) is 1. The zero-order valence-electron chi connectivity index (χ0n) is 18.1. The maximum atomic E-state index is 12.7. The van der Waals surface area contributed by atoms with Crippen LogP contribution in [0.4, 0.5) is 5.00 Å². The second kappa shape index (κ2) is 10.1. The molecule has 1 amide bonds. The number of benzene rings is 2. The van der Waals surface area contributed by atoms with Crippen LogP contribution in [0.15, 0.2) is 48.5 Å². The highest BCUT2D eigenvalue weighted by Crippen LogP contribution is 2.37. The number of amides is 1. The van der Waals surface area contributed by atoms with Crippen LogP contribution in [0, 0.1) is 6.92 Å². The van der Waals surface area contributed by atoms with Crippen LogP contribution < -0.4 is 14.8 Å². The van der Waals surface area contributed by atoms with E-state index in [0.717, 1.165) is 21.6 Å². The third kappa shape index (κ3) is 5.21. The van der Waals surface area contributed by atoms with Crippen LogP contribution in [0.25, 0.3) is 6.08 Å². The number of hydrogen-bond acceptors (Lipinski definition) is 6. The number of rotatable bonds is 7. The largest absolute Gasteiger partial charge is 0.462 e. The van der Waals surface area contributed by atoms with Gasteiger partial charge in [-0.3, -0.25) is 4.79 Å². The predicted octanol–water partition coefficient (Wildman–Crippen LogP) is 5.86. The SMILES string of the molecule is CCOC(=O)c1c(NC(=O)/C=C\c2ccccc2Cl)sc(Cc2ccc3c(c2)OCO3)c1C. The second-order valence-electron chi connectivity index (χ2n) is 7.28. The molecule has 0 spiro atoms. The van der Waals surface area contributed by atoms with E-state index < -0.39 is 5.97 Å². The quantitative estimate of drug-likeness (QED) is 0.336. The van der Waals surface area contributed by atoms with E-state index in [4.69, 9.17) is 25.8 Å². The molecule has 2 heterocycles. The normalized spacial score (nSPS) is 12.2. The van der Waals surface area contributed by atoms with Crippen molar-refractivity contribution in [2.24, 2.45) is 0 Å². The van der Waals surface area contributed by atoms with Crippen LogP contribution >= 0.6 is 22.9 Å². The zero-order valence-corrected chi connectivity index (χ0v) is 19.7. The molecule has 0 saturated heterocycles. The van der Waals surface area contributed by atoms with E-state index in [0.29, 0.717) is 33.5 Å². The Bertz CT molecular complexity index is 1230. The lowest BCUT2D eigenvalue weighted by Crippen LogP contribution is -2.12. The predicted molar refractivity (Wildman–Crippen MR) is 129 cm³/mol. The number of halogens is 1. The Kier molecular flexibility index (Phi) is 7.01. The maximum absolute atomic E-state index is 12.7. The standard InChI is InChI=1S/C25H22ClNO5S/c1-3-30-25(29)23-15(2)21(13-16-8-10-19-20(12-16)32-14-31-19)33-24(23)27-22(28)11-9-17-6-4-5-7-18(17)26/h4-12H,3,13-14H2,1-2H3,(H,27,28)/b11-9-. The summed E-state index contributed by atoms with van der Waals surface area (Å²) in [7, 11) is 0. The Morgan fingerprint density at radius 2 is 1.97 bits per heavy atom. The van der Waals surface area contributed by atoms with Crippen molar-refractivity contribution < 1.29 is 23.8 Å². The van der Waals surface area contributed by atoms with Crippen LogP contribution in [0.3, 0.4) is 0 Å². The second-order valence-corrected chi connectivity index (χ2v) is 8.80. The summed E-state index contributed by atoms with van der Waals surface area (Å²) >= 11 is 7.50. The van der Waals surface area contributed by atoms with Gasteiger partial charge in [-0.15, -0.1) is 11.3 Å². The summed E-state index contributed by atoms with van der Waals surface area (Å²) in [6, 6.07) is 13.0. The molecule has 1 N–H and O–H groups in total. The van der Waals surface area contributed by atoms with Gasteiger partial charge in [0.15, 0.2) is 11.5 Å². The van der Waals surface area contributed by atoms with Crippen molar-refractivity contribution >= 4 is 45.9 Å². The van der Waals surface area contributed by atoms with Crippen molar-refractivity contribution in [2.45, 2.75) is 20.3 Å². The number of ether oxygens (including phenoxy) is 3. The third-order valence-corrected chi connectivity index (χ3v) is 6.63. The van der Waals surface area contributed by atoms with Crippen molar-refractivity contribution in [3.8, 4) is 11.5 Å². The molecule has 0 bridgehead atoms. The lowest BCUT2D eigenvalue weighted by Gasteiger charge is -2.06. The molecule has 1 aliphatic heterocycles. The van der Waals surface area contributed by atoms with Crippen molar-refractivity contribution in [3.05, 3.63) is 80.7 Å².